The SMILES string of the molecule is CN(CC(=O)N(Cc1cccc2ccccc12)c1ccc(C(=O)OCc2ccccc2)c(OCc2ccccc2)c1)S(=O)c1c(F)c(F)c(F)c(F)c1F. The molecule has 0 spiro atoms. The lowest BCUT2D eigenvalue weighted by Gasteiger charge is -2.27. The van der Waals surface area contributed by atoms with E-state index >= 15 is 0 Å². The van der Waals surface area contributed by atoms with Crippen molar-refractivity contribution in [1.29, 1.82) is 0 Å². The van der Waals surface area contributed by atoms with Crippen molar-refractivity contribution >= 4 is 39.3 Å². The molecule has 0 aromatic heterocycles. The van der Waals surface area contributed by atoms with Gasteiger partial charge in [-0.25, -0.2) is 35.3 Å². The molecular formula is C41H31F5N2O5S. The second-order valence-corrected chi connectivity index (χ2v) is 13.6. The number of amides is 1. The molecule has 0 N–H and O–H groups in total. The van der Waals surface area contributed by atoms with Crippen molar-refractivity contribution in [2.24, 2.45) is 0 Å². The standard InChI is InChI=1S/C41H31F5N2O5S/c1-47(54(51)40-38(45)36(43)35(42)37(44)39(40)46)23-34(49)48(22-29-17-10-16-28-15-8-9-18-31(28)29)30-19-20-32(41(50)53-25-27-13-6-3-7-14-27)33(21-30)52-24-26-11-4-2-5-12-26/h2-21H,22-25H2,1H3. The molecular weight excluding hydrogens is 728 g/mol. The van der Waals surface area contributed by atoms with Gasteiger partial charge in [0.05, 0.1) is 13.1 Å². The maximum Gasteiger partial charge on any atom is 0.342 e. The molecule has 54 heavy (non-hydrogen) atoms. The van der Waals surface area contributed by atoms with Crippen LogP contribution in [0.5, 0.6) is 5.75 Å². The predicted octanol–water partition coefficient (Wildman–Crippen LogP) is 8.66. The van der Waals surface area contributed by atoms with Gasteiger partial charge in [0.2, 0.25) is 11.7 Å². The number of halogens is 5. The molecule has 0 fully saturated rings. The molecule has 0 aliphatic heterocycles. The molecule has 6 rings (SSSR count). The Kier molecular flexibility index (Phi) is 11.8. The maximum absolute atomic E-state index is 14.6. The van der Waals surface area contributed by atoms with E-state index in [-0.39, 0.29) is 36.8 Å². The maximum atomic E-state index is 14.6. The van der Waals surface area contributed by atoms with E-state index in [1.807, 2.05) is 78.9 Å². The third-order valence-electron chi connectivity index (χ3n) is 8.44. The van der Waals surface area contributed by atoms with E-state index < -0.39 is 63.4 Å². The number of esters is 1. The van der Waals surface area contributed by atoms with Crippen LogP contribution >= 0.6 is 0 Å². The lowest BCUT2D eigenvalue weighted by atomic mass is 10.0. The first-order valence-electron chi connectivity index (χ1n) is 16.5. The van der Waals surface area contributed by atoms with Crippen LogP contribution in [0.4, 0.5) is 27.6 Å². The molecule has 0 heterocycles. The number of ether oxygens (including phenoxy) is 2. The van der Waals surface area contributed by atoms with E-state index in [4.69, 9.17) is 9.47 Å². The molecule has 0 aliphatic carbocycles. The minimum absolute atomic E-state index is 0.0161. The van der Waals surface area contributed by atoms with Gasteiger partial charge in [-0.05, 0) is 39.6 Å². The van der Waals surface area contributed by atoms with Gasteiger partial charge in [0.25, 0.3) is 0 Å². The summed E-state index contributed by atoms with van der Waals surface area (Å²) in [6.45, 7) is -0.848. The molecule has 0 bridgehead atoms. The molecule has 0 saturated heterocycles. The van der Waals surface area contributed by atoms with Crippen molar-refractivity contribution < 1.29 is 45.2 Å². The average molecular weight is 759 g/mol. The fourth-order valence-corrected chi connectivity index (χ4v) is 6.68. The first-order valence-corrected chi connectivity index (χ1v) is 17.6. The summed E-state index contributed by atoms with van der Waals surface area (Å²) in [4.78, 5) is 27.3. The fourth-order valence-electron chi connectivity index (χ4n) is 5.66. The van der Waals surface area contributed by atoms with Gasteiger partial charge in [0.15, 0.2) is 23.3 Å². The number of fused-ring (bicyclic) bond motifs is 1. The smallest absolute Gasteiger partial charge is 0.342 e. The number of anilines is 1. The molecule has 6 aromatic rings. The van der Waals surface area contributed by atoms with Gasteiger partial charge in [-0.3, -0.25) is 4.79 Å². The zero-order chi connectivity index (χ0) is 38.4. The summed E-state index contributed by atoms with van der Waals surface area (Å²) in [6, 6.07) is 35.5. The monoisotopic (exact) mass is 758 g/mol. The molecule has 6 aromatic carbocycles. The van der Waals surface area contributed by atoms with Crippen LogP contribution in [-0.2, 0) is 40.3 Å². The van der Waals surface area contributed by atoms with Crippen molar-refractivity contribution in [2.45, 2.75) is 24.7 Å². The van der Waals surface area contributed by atoms with Crippen molar-refractivity contribution in [3.63, 3.8) is 0 Å². The highest BCUT2D eigenvalue weighted by molar-refractivity contribution is 7.82. The second-order valence-electron chi connectivity index (χ2n) is 12.1. The molecule has 0 aliphatic rings. The van der Waals surface area contributed by atoms with Crippen molar-refractivity contribution in [3.05, 3.63) is 173 Å². The summed E-state index contributed by atoms with van der Waals surface area (Å²) in [5.41, 5.74) is 2.50. The number of likely N-dealkylation sites (N-methyl/N-ethyl adjacent to an activating group) is 1. The van der Waals surface area contributed by atoms with E-state index in [0.717, 1.165) is 28.9 Å². The molecule has 1 atom stereocenters. The Balaban J connectivity index is 1.37. The van der Waals surface area contributed by atoms with Crippen LogP contribution in [0.2, 0.25) is 0 Å². The topological polar surface area (TPSA) is 76.2 Å². The highest BCUT2D eigenvalue weighted by atomic mass is 32.2. The molecule has 13 heteroatoms. The van der Waals surface area contributed by atoms with E-state index in [1.54, 1.807) is 24.3 Å². The Morgan fingerprint density at radius 3 is 1.91 bits per heavy atom. The molecule has 1 amide bonds. The summed E-state index contributed by atoms with van der Waals surface area (Å²) < 4.78 is 96.6. The van der Waals surface area contributed by atoms with Gasteiger partial charge in [0.1, 0.15) is 40.4 Å². The quantitative estimate of drug-likeness (QED) is 0.0510. The Hall–Kier alpha value is -5.92. The van der Waals surface area contributed by atoms with Crippen molar-refractivity contribution in [1.82, 2.24) is 4.31 Å². The van der Waals surface area contributed by atoms with Crippen molar-refractivity contribution in [2.75, 3.05) is 18.5 Å². The zero-order valence-electron chi connectivity index (χ0n) is 28.6. The van der Waals surface area contributed by atoms with Gasteiger partial charge in [-0.1, -0.05) is 103 Å². The normalized spacial score (nSPS) is 11.8. The Morgan fingerprint density at radius 1 is 0.667 bits per heavy atom. The first-order chi connectivity index (χ1) is 26.0. The number of rotatable bonds is 13. The summed E-state index contributed by atoms with van der Waals surface area (Å²) in [5, 5.41) is 1.67. The first kappa shape index (κ1) is 37.8. The molecule has 276 valence electrons. The molecule has 7 nitrogen and oxygen atoms in total. The van der Waals surface area contributed by atoms with Crippen LogP contribution in [0, 0.1) is 29.1 Å². The second kappa shape index (κ2) is 16.8. The Bertz CT molecular complexity index is 2310. The molecule has 1 unspecified atom stereocenters. The van der Waals surface area contributed by atoms with E-state index in [0.29, 0.717) is 9.87 Å². The summed E-state index contributed by atoms with van der Waals surface area (Å²) in [5.74, 6) is -12.9. The van der Waals surface area contributed by atoms with Crippen LogP contribution in [0.3, 0.4) is 0 Å². The minimum atomic E-state index is -3.00. The van der Waals surface area contributed by atoms with Crippen LogP contribution in [0.1, 0.15) is 27.0 Å². The lowest BCUT2D eigenvalue weighted by Crippen LogP contribution is -2.40. The number of nitrogens with zero attached hydrogens (tertiary/aromatic N) is 2. The fraction of sp³-hybridized carbons (Fsp3) is 0.122. The van der Waals surface area contributed by atoms with E-state index in [9.17, 15) is 35.8 Å². The van der Waals surface area contributed by atoms with Gasteiger partial charge in [-0.15, -0.1) is 0 Å². The average Bonchev–Trinajstić information content (AvgIpc) is 3.20. The predicted molar refractivity (Wildman–Crippen MR) is 193 cm³/mol. The van der Waals surface area contributed by atoms with Crippen LogP contribution < -0.4 is 9.64 Å². The van der Waals surface area contributed by atoms with Gasteiger partial charge >= 0.3 is 5.97 Å². The third kappa shape index (κ3) is 8.32. The van der Waals surface area contributed by atoms with E-state index in [1.165, 1.54) is 23.1 Å². The largest absolute Gasteiger partial charge is 0.488 e. The number of carbonyl (C=O) groups is 2. The number of carbonyl (C=O) groups excluding carboxylic acids is 2. The van der Waals surface area contributed by atoms with Gasteiger partial charge in [-0.2, -0.15) is 0 Å². The van der Waals surface area contributed by atoms with Crippen LogP contribution in [-0.4, -0.2) is 34.0 Å². The van der Waals surface area contributed by atoms with Gasteiger partial charge in [0, 0.05) is 18.8 Å². The number of hydrogen-bond donors (Lipinski definition) is 0. The highest BCUT2D eigenvalue weighted by Gasteiger charge is 2.32. The summed E-state index contributed by atoms with van der Waals surface area (Å²) in [6.07, 6.45) is 0. The molecule has 0 saturated carbocycles. The zero-order valence-corrected chi connectivity index (χ0v) is 29.4. The number of benzene rings is 6. The van der Waals surface area contributed by atoms with Crippen molar-refractivity contribution in [3.8, 4) is 5.75 Å². The highest BCUT2D eigenvalue weighted by Crippen LogP contribution is 2.31. The van der Waals surface area contributed by atoms with E-state index in [2.05, 4.69) is 0 Å². The van der Waals surface area contributed by atoms with Crippen LogP contribution in [0.15, 0.2) is 126 Å². The summed E-state index contributed by atoms with van der Waals surface area (Å²) in [7, 11) is -1.95. The Labute approximate surface area is 309 Å². The molecule has 0 radical (unpaired) electrons. The number of hydrogen-bond acceptors (Lipinski definition) is 5. The van der Waals surface area contributed by atoms with Crippen LogP contribution in [0.25, 0.3) is 10.8 Å². The lowest BCUT2D eigenvalue weighted by molar-refractivity contribution is -0.118. The minimum Gasteiger partial charge on any atom is -0.488 e. The summed E-state index contributed by atoms with van der Waals surface area (Å²) >= 11 is 0. The third-order valence-corrected chi connectivity index (χ3v) is 9.84. The van der Waals surface area contributed by atoms with Gasteiger partial charge < -0.3 is 14.4 Å². The Morgan fingerprint density at radius 2 is 1.24 bits per heavy atom.